The minimum atomic E-state index is -3.41. The standard InChI is InChI=1S/C25H23N2O6P/c1-18-21(13-8-14-22(18)27(30)31)26-23(28)17-33-24(29)25(15-16-25)34(32,19-9-4-2-5-10-19)20-11-6-3-7-12-20/h2-14H,15-17H2,1H3,(H,26,28). The lowest BCUT2D eigenvalue weighted by molar-refractivity contribution is -0.385. The monoisotopic (exact) mass is 478 g/mol. The van der Waals surface area contributed by atoms with Crippen molar-refractivity contribution < 1.29 is 23.8 Å². The average Bonchev–Trinajstić information content (AvgIpc) is 3.67. The molecule has 3 aromatic carbocycles. The minimum absolute atomic E-state index is 0.126. The number of carbonyl (C=O) groups excluding carboxylic acids is 2. The van der Waals surface area contributed by atoms with Gasteiger partial charge in [0.05, 0.1) is 16.2 Å². The fourth-order valence-corrected chi connectivity index (χ4v) is 7.63. The molecule has 174 valence electrons. The molecule has 0 aromatic heterocycles. The predicted molar refractivity (Wildman–Crippen MR) is 129 cm³/mol. The van der Waals surface area contributed by atoms with Crippen molar-refractivity contribution >= 4 is 41.0 Å². The number of esters is 1. The van der Waals surface area contributed by atoms with Crippen LogP contribution in [0.2, 0.25) is 0 Å². The van der Waals surface area contributed by atoms with Crippen LogP contribution in [0.15, 0.2) is 78.9 Å². The molecule has 9 heteroatoms. The molecule has 34 heavy (non-hydrogen) atoms. The van der Waals surface area contributed by atoms with Gasteiger partial charge in [0, 0.05) is 16.7 Å². The van der Waals surface area contributed by atoms with Gasteiger partial charge in [0.25, 0.3) is 11.6 Å². The minimum Gasteiger partial charge on any atom is -0.455 e. The number of ether oxygens (including phenoxy) is 1. The van der Waals surface area contributed by atoms with Crippen molar-refractivity contribution in [3.05, 3.63) is 94.5 Å². The lowest BCUT2D eigenvalue weighted by atomic mass is 10.1. The fourth-order valence-electron chi connectivity index (χ4n) is 4.09. The number of nitro benzene ring substituents is 1. The van der Waals surface area contributed by atoms with Gasteiger partial charge in [-0.3, -0.25) is 19.7 Å². The zero-order chi connectivity index (χ0) is 24.3. The van der Waals surface area contributed by atoms with Crippen molar-refractivity contribution in [2.75, 3.05) is 11.9 Å². The molecule has 1 aliphatic rings. The smallest absolute Gasteiger partial charge is 0.320 e. The van der Waals surface area contributed by atoms with Crippen LogP contribution in [0, 0.1) is 17.0 Å². The third-order valence-electron chi connectivity index (χ3n) is 6.06. The van der Waals surface area contributed by atoms with E-state index in [9.17, 15) is 24.3 Å². The van der Waals surface area contributed by atoms with Crippen molar-refractivity contribution in [1.82, 2.24) is 0 Å². The first-order valence-corrected chi connectivity index (χ1v) is 12.4. The molecular formula is C25H23N2O6P. The van der Waals surface area contributed by atoms with Crippen LogP contribution < -0.4 is 15.9 Å². The molecule has 3 aromatic rings. The highest BCUT2D eigenvalue weighted by atomic mass is 31.2. The van der Waals surface area contributed by atoms with Gasteiger partial charge < -0.3 is 14.6 Å². The van der Waals surface area contributed by atoms with Gasteiger partial charge in [-0.25, -0.2) is 0 Å². The Balaban J connectivity index is 1.54. The second kappa shape index (κ2) is 9.23. The van der Waals surface area contributed by atoms with Gasteiger partial charge >= 0.3 is 5.97 Å². The van der Waals surface area contributed by atoms with Gasteiger partial charge in [0.2, 0.25) is 0 Å². The normalized spacial score (nSPS) is 14.1. The number of nitrogens with one attached hydrogen (secondary N) is 1. The Morgan fingerprint density at radius 2 is 1.53 bits per heavy atom. The van der Waals surface area contributed by atoms with Gasteiger partial charge in [-0.1, -0.05) is 66.7 Å². The van der Waals surface area contributed by atoms with Crippen molar-refractivity contribution in [2.45, 2.75) is 24.9 Å². The van der Waals surface area contributed by atoms with E-state index in [2.05, 4.69) is 5.32 Å². The van der Waals surface area contributed by atoms with E-state index in [1.165, 1.54) is 25.1 Å². The van der Waals surface area contributed by atoms with Gasteiger partial charge in [0.1, 0.15) is 5.16 Å². The third kappa shape index (κ3) is 4.13. The van der Waals surface area contributed by atoms with Crippen molar-refractivity contribution in [2.24, 2.45) is 0 Å². The van der Waals surface area contributed by atoms with Crippen LogP contribution in [0.5, 0.6) is 0 Å². The molecule has 1 saturated carbocycles. The second-order valence-electron chi connectivity index (χ2n) is 8.14. The molecule has 0 unspecified atom stereocenters. The van der Waals surface area contributed by atoms with Crippen LogP contribution in [0.3, 0.4) is 0 Å². The Morgan fingerprint density at radius 3 is 2.03 bits per heavy atom. The van der Waals surface area contributed by atoms with Gasteiger partial charge in [-0.2, -0.15) is 0 Å². The van der Waals surface area contributed by atoms with E-state index in [1.807, 2.05) is 12.1 Å². The summed E-state index contributed by atoms with van der Waals surface area (Å²) in [4.78, 5) is 36.3. The maximum Gasteiger partial charge on any atom is 0.320 e. The number of anilines is 1. The number of rotatable bonds is 8. The summed E-state index contributed by atoms with van der Waals surface area (Å²) in [6.07, 6.45) is 0.775. The van der Waals surface area contributed by atoms with E-state index in [-0.39, 0.29) is 11.4 Å². The summed E-state index contributed by atoms with van der Waals surface area (Å²) in [7, 11) is -3.41. The molecule has 0 bridgehead atoms. The first kappa shape index (κ1) is 23.4. The lowest BCUT2D eigenvalue weighted by Gasteiger charge is -2.27. The Labute approximate surface area is 196 Å². The summed E-state index contributed by atoms with van der Waals surface area (Å²) in [6.45, 7) is 0.932. The second-order valence-corrected chi connectivity index (χ2v) is 11.3. The summed E-state index contributed by atoms with van der Waals surface area (Å²) in [5.74, 6) is -1.32. The molecule has 1 fully saturated rings. The van der Waals surface area contributed by atoms with E-state index in [0.29, 0.717) is 29.0 Å². The van der Waals surface area contributed by atoms with E-state index >= 15 is 0 Å². The molecule has 0 aliphatic heterocycles. The number of nitrogens with zero attached hydrogens (tertiary/aromatic N) is 1. The van der Waals surface area contributed by atoms with Crippen molar-refractivity contribution in [3.8, 4) is 0 Å². The summed E-state index contributed by atoms with van der Waals surface area (Å²) < 4.78 is 19.9. The highest BCUT2D eigenvalue weighted by molar-refractivity contribution is 7.81. The summed E-state index contributed by atoms with van der Waals surface area (Å²) >= 11 is 0. The maximum absolute atomic E-state index is 14.6. The molecule has 1 N–H and O–H groups in total. The first-order chi connectivity index (χ1) is 16.3. The molecule has 0 radical (unpaired) electrons. The molecule has 1 aliphatic carbocycles. The molecule has 0 saturated heterocycles. The zero-order valence-corrected chi connectivity index (χ0v) is 19.4. The number of hydrogen-bond acceptors (Lipinski definition) is 6. The molecule has 8 nitrogen and oxygen atoms in total. The molecule has 0 heterocycles. The highest BCUT2D eigenvalue weighted by Gasteiger charge is 2.65. The highest BCUT2D eigenvalue weighted by Crippen LogP contribution is 2.68. The quantitative estimate of drug-likeness (QED) is 0.227. The van der Waals surface area contributed by atoms with Gasteiger partial charge in [0.15, 0.2) is 13.7 Å². The van der Waals surface area contributed by atoms with Crippen LogP contribution in [0.1, 0.15) is 18.4 Å². The number of amides is 1. The van der Waals surface area contributed by atoms with Gasteiger partial charge in [-0.05, 0) is 25.8 Å². The molecule has 1 amide bonds. The fraction of sp³-hybridized carbons (Fsp3) is 0.200. The Morgan fingerprint density at radius 1 is 0.971 bits per heavy atom. The molecular weight excluding hydrogens is 455 g/mol. The topological polar surface area (TPSA) is 116 Å². The predicted octanol–water partition coefficient (Wildman–Crippen LogP) is 3.93. The molecule has 4 rings (SSSR count). The number of carbonyl (C=O) groups is 2. The third-order valence-corrected chi connectivity index (χ3v) is 9.94. The van der Waals surface area contributed by atoms with Crippen molar-refractivity contribution in [3.63, 3.8) is 0 Å². The maximum atomic E-state index is 14.6. The van der Waals surface area contributed by atoms with E-state index in [4.69, 9.17) is 4.74 Å². The summed E-state index contributed by atoms with van der Waals surface area (Å²) in [5, 5.41) is 13.6. The Hall–Kier alpha value is -3.77. The van der Waals surface area contributed by atoms with E-state index in [1.54, 1.807) is 48.5 Å². The number of nitro groups is 1. The number of benzene rings is 3. The Kier molecular flexibility index (Phi) is 6.35. The van der Waals surface area contributed by atoms with E-state index < -0.39 is 35.7 Å². The van der Waals surface area contributed by atoms with Crippen LogP contribution >= 0.6 is 7.14 Å². The van der Waals surface area contributed by atoms with Crippen LogP contribution in [-0.2, 0) is 18.9 Å². The molecule has 0 spiro atoms. The van der Waals surface area contributed by atoms with Gasteiger partial charge in [-0.15, -0.1) is 0 Å². The largest absolute Gasteiger partial charge is 0.455 e. The SMILES string of the molecule is Cc1c(NC(=O)COC(=O)C2(P(=O)(c3ccccc3)c3ccccc3)CC2)cccc1[N+](=O)[O-]. The van der Waals surface area contributed by atoms with Crippen LogP contribution in [-0.4, -0.2) is 28.6 Å². The number of hydrogen-bond donors (Lipinski definition) is 1. The van der Waals surface area contributed by atoms with E-state index in [0.717, 1.165) is 0 Å². The zero-order valence-electron chi connectivity index (χ0n) is 18.5. The lowest BCUT2D eigenvalue weighted by Crippen LogP contribution is -2.36. The average molecular weight is 478 g/mol. The first-order valence-electron chi connectivity index (χ1n) is 10.7. The van der Waals surface area contributed by atoms with Crippen LogP contribution in [0.25, 0.3) is 0 Å². The Bertz CT molecular complexity index is 1250. The summed E-state index contributed by atoms with van der Waals surface area (Å²) in [6, 6.07) is 22.1. The van der Waals surface area contributed by atoms with Crippen molar-refractivity contribution in [1.29, 1.82) is 0 Å². The summed E-state index contributed by atoms with van der Waals surface area (Å²) in [5.41, 5.74) is 0.428. The van der Waals surface area contributed by atoms with Crippen LogP contribution in [0.4, 0.5) is 11.4 Å². The molecule has 0 atom stereocenters.